The molecule has 142 valence electrons. The molecule has 1 heterocycles. The zero-order valence-electron chi connectivity index (χ0n) is 15.7. The Hall–Kier alpha value is -2.96. The number of hydrogen-bond donors (Lipinski definition) is 3. The van der Waals surface area contributed by atoms with E-state index in [-0.39, 0.29) is 17.9 Å². The topological polar surface area (TPSA) is 96.0 Å². The van der Waals surface area contributed by atoms with Crippen LogP contribution in [0, 0.1) is 6.92 Å². The van der Waals surface area contributed by atoms with E-state index in [4.69, 9.17) is 0 Å². The molecule has 1 aliphatic carbocycles. The predicted molar refractivity (Wildman–Crippen MR) is 105 cm³/mol. The summed E-state index contributed by atoms with van der Waals surface area (Å²) >= 11 is 0. The van der Waals surface area contributed by atoms with E-state index in [1.807, 2.05) is 12.1 Å². The first-order valence-corrected chi connectivity index (χ1v) is 9.31. The summed E-state index contributed by atoms with van der Waals surface area (Å²) in [6.07, 6.45) is 5.63. The average molecular weight is 367 g/mol. The number of amides is 2. The number of carbonyl (C=O) groups is 2. The van der Waals surface area contributed by atoms with Gasteiger partial charge in [-0.15, -0.1) is 0 Å². The number of hydrogen-bond acceptors (Lipinski definition) is 5. The second-order valence-electron chi connectivity index (χ2n) is 6.88. The molecule has 3 N–H and O–H groups in total. The number of nitrogens with zero attached hydrogens (tertiary/aromatic N) is 2. The Morgan fingerprint density at radius 1 is 1.00 bits per heavy atom. The molecule has 1 aromatic heterocycles. The first-order chi connectivity index (χ1) is 13.0. The first kappa shape index (κ1) is 18.8. The molecule has 0 atom stereocenters. The van der Waals surface area contributed by atoms with E-state index in [9.17, 15) is 9.59 Å². The van der Waals surface area contributed by atoms with Gasteiger partial charge in [0, 0.05) is 30.4 Å². The van der Waals surface area contributed by atoms with Crippen LogP contribution in [-0.2, 0) is 4.79 Å². The summed E-state index contributed by atoms with van der Waals surface area (Å²) in [6.45, 7) is 3.23. The number of carbonyl (C=O) groups excluding carboxylic acids is 2. The van der Waals surface area contributed by atoms with Crippen LogP contribution in [0.1, 0.15) is 55.3 Å². The Morgan fingerprint density at radius 2 is 1.67 bits per heavy atom. The van der Waals surface area contributed by atoms with Crippen molar-refractivity contribution in [1.82, 2.24) is 15.3 Å². The molecule has 1 aliphatic rings. The molecule has 7 heteroatoms. The number of nitrogens with one attached hydrogen (secondary N) is 3. The van der Waals surface area contributed by atoms with Crippen molar-refractivity contribution in [2.75, 3.05) is 10.6 Å². The normalized spacial score (nSPS) is 14.4. The minimum Gasteiger partial charge on any atom is -0.348 e. The molecule has 0 saturated heterocycles. The molecule has 0 unspecified atom stereocenters. The van der Waals surface area contributed by atoms with Crippen molar-refractivity contribution in [2.45, 2.75) is 52.0 Å². The van der Waals surface area contributed by atoms with Gasteiger partial charge in [0.05, 0.1) is 0 Å². The lowest BCUT2D eigenvalue weighted by molar-refractivity contribution is -0.114. The molecule has 3 rings (SSSR count). The van der Waals surface area contributed by atoms with Crippen LogP contribution in [0.2, 0.25) is 0 Å². The highest BCUT2D eigenvalue weighted by Crippen LogP contribution is 2.20. The second kappa shape index (κ2) is 8.62. The van der Waals surface area contributed by atoms with Gasteiger partial charge in [-0.05, 0) is 44.0 Å². The van der Waals surface area contributed by atoms with Gasteiger partial charge in [-0.2, -0.15) is 0 Å². The van der Waals surface area contributed by atoms with Crippen LogP contribution in [-0.4, -0.2) is 27.8 Å². The largest absolute Gasteiger partial charge is 0.348 e. The van der Waals surface area contributed by atoms with E-state index < -0.39 is 0 Å². The molecular formula is C20H25N5O2. The van der Waals surface area contributed by atoms with Gasteiger partial charge in [0.15, 0.2) is 0 Å². The SMILES string of the molecule is CC(=O)Nc1ccc(Nc2cc(C(=O)NC3CCCCC3)nc(C)n2)cc1. The van der Waals surface area contributed by atoms with E-state index in [2.05, 4.69) is 25.9 Å². The highest BCUT2D eigenvalue weighted by atomic mass is 16.2. The van der Waals surface area contributed by atoms with Gasteiger partial charge >= 0.3 is 0 Å². The van der Waals surface area contributed by atoms with Crippen molar-refractivity contribution < 1.29 is 9.59 Å². The molecule has 0 radical (unpaired) electrons. The monoisotopic (exact) mass is 367 g/mol. The lowest BCUT2D eigenvalue weighted by Gasteiger charge is -2.22. The van der Waals surface area contributed by atoms with Crippen molar-refractivity contribution >= 4 is 29.0 Å². The minimum absolute atomic E-state index is 0.115. The molecular weight excluding hydrogens is 342 g/mol. The van der Waals surface area contributed by atoms with Crippen molar-refractivity contribution in [3.63, 3.8) is 0 Å². The fraction of sp³-hybridized carbons (Fsp3) is 0.400. The summed E-state index contributed by atoms with van der Waals surface area (Å²) in [4.78, 5) is 32.3. The van der Waals surface area contributed by atoms with Crippen LogP contribution in [0.5, 0.6) is 0 Å². The second-order valence-corrected chi connectivity index (χ2v) is 6.88. The standard InChI is InChI=1S/C20H25N5O2/c1-13-21-18(20(27)25-15-6-4-3-5-7-15)12-19(22-13)24-17-10-8-16(9-11-17)23-14(2)26/h8-12,15H,3-7H2,1-2H3,(H,23,26)(H,25,27)(H,21,22,24). The van der Waals surface area contributed by atoms with Crippen LogP contribution in [0.4, 0.5) is 17.2 Å². The van der Waals surface area contributed by atoms with Gasteiger partial charge in [-0.25, -0.2) is 9.97 Å². The third-order valence-electron chi connectivity index (χ3n) is 4.49. The first-order valence-electron chi connectivity index (χ1n) is 9.31. The minimum atomic E-state index is -0.156. The van der Waals surface area contributed by atoms with Gasteiger partial charge in [0.1, 0.15) is 17.3 Å². The highest BCUT2D eigenvalue weighted by molar-refractivity contribution is 5.93. The van der Waals surface area contributed by atoms with Gasteiger partial charge in [-0.1, -0.05) is 19.3 Å². The van der Waals surface area contributed by atoms with E-state index in [1.165, 1.54) is 13.3 Å². The fourth-order valence-corrected chi connectivity index (χ4v) is 3.24. The van der Waals surface area contributed by atoms with Crippen LogP contribution < -0.4 is 16.0 Å². The summed E-state index contributed by atoms with van der Waals surface area (Å²) in [5, 5.41) is 8.98. The Labute approximate surface area is 159 Å². The molecule has 7 nitrogen and oxygen atoms in total. The van der Waals surface area contributed by atoms with Gasteiger partial charge in [-0.3, -0.25) is 9.59 Å². The summed E-state index contributed by atoms with van der Waals surface area (Å²) in [5.41, 5.74) is 1.89. The van der Waals surface area contributed by atoms with Gasteiger partial charge in [0.25, 0.3) is 5.91 Å². The van der Waals surface area contributed by atoms with Crippen molar-refractivity contribution in [3.8, 4) is 0 Å². The molecule has 2 aromatic rings. The van der Waals surface area contributed by atoms with Crippen molar-refractivity contribution in [2.24, 2.45) is 0 Å². The number of aromatic nitrogens is 2. The molecule has 1 aromatic carbocycles. The van der Waals surface area contributed by atoms with Gasteiger partial charge < -0.3 is 16.0 Å². The lowest BCUT2D eigenvalue weighted by atomic mass is 9.95. The number of rotatable bonds is 5. The Kier molecular flexibility index (Phi) is 6.01. The molecule has 1 saturated carbocycles. The zero-order valence-corrected chi connectivity index (χ0v) is 15.7. The maximum Gasteiger partial charge on any atom is 0.270 e. The molecule has 0 spiro atoms. The Morgan fingerprint density at radius 3 is 2.33 bits per heavy atom. The maximum atomic E-state index is 12.5. The van der Waals surface area contributed by atoms with Crippen LogP contribution in [0.25, 0.3) is 0 Å². The van der Waals surface area contributed by atoms with E-state index in [0.717, 1.165) is 37.1 Å². The molecule has 2 amide bonds. The number of benzene rings is 1. The molecule has 0 bridgehead atoms. The molecule has 27 heavy (non-hydrogen) atoms. The van der Waals surface area contributed by atoms with Crippen LogP contribution >= 0.6 is 0 Å². The summed E-state index contributed by atoms with van der Waals surface area (Å²) in [7, 11) is 0. The maximum absolute atomic E-state index is 12.5. The van der Waals surface area contributed by atoms with Crippen molar-refractivity contribution in [1.29, 1.82) is 0 Å². The zero-order chi connectivity index (χ0) is 19.2. The van der Waals surface area contributed by atoms with Crippen LogP contribution in [0.15, 0.2) is 30.3 Å². The summed E-state index contributed by atoms with van der Waals surface area (Å²) in [6, 6.07) is 9.17. The van der Waals surface area contributed by atoms with E-state index in [1.54, 1.807) is 25.1 Å². The van der Waals surface area contributed by atoms with E-state index >= 15 is 0 Å². The smallest absolute Gasteiger partial charge is 0.270 e. The number of anilines is 3. The van der Waals surface area contributed by atoms with Crippen LogP contribution in [0.3, 0.4) is 0 Å². The fourth-order valence-electron chi connectivity index (χ4n) is 3.24. The summed E-state index contributed by atoms with van der Waals surface area (Å²) < 4.78 is 0. The predicted octanol–water partition coefficient (Wildman–Crippen LogP) is 3.55. The average Bonchev–Trinajstić information content (AvgIpc) is 2.63. The molecule has 0 aliphatic heterocycles. The quantitative estimate of drug-likeness (QED) is 0.751. The summed E-state index contributed by atoms with van der Waals surface area (Å²) in [5.74, 6) is 0.819. The third kappa shape index (κ3) is 5.51. The third-order valence-corrected chi connectivity index (χ3v) is 4.49. The molecule has 1 fully saturated rings. The highest BCUT2D eigenvalue weighted by Gasteiger charge is 2.18. The van der Waals surface area contributed by atoms with Crippen molar-refractivity contribution in [3.05, 3.63) is 41.9 Å². The Bertz CT molecular complexity index is 814. The van der Waals surface area contributed by atoms with E-state index in [0.29, 0.717) is 17.3 Å². The number of aryl methyl sites for hydroxylation is 1. The lowest BCUT2D eigenvalue weighted by Crippen LogP contribution is -2.36. The Balaban J connectivity index is 1.69. The van der Waals surface area contributed by atoms with Gasteiger partial charge in [0.2, 0.25) is 5.91 Å².